The van der Waals surface area contributed by atoms with Crippen LogP contribution in [0.2, 0.25) is 0 Å². The molecular weight excluding hydrogens is 392 g/mol. The Balaban J connectivity index is 1.53. The first kappa shape index (κ1) is 18.8. The summed E-state index contributed by atoms with van der Waals surface area (Å²) < 4.78 is 3.48. The highest BCUT2D eigenvalue weighted by Crippen LogP contribution is 2.19. The summed E-state index contributed by atoms with van der Waals surface area (Å²) in [4.78, 5) is 24.7. The molecule has 0 radical (unpaired) electrons. The van der Waals surface area contributed by atoms with Gasteiger partial charge in [0.15, 0.2) is 0 Å². The van der Waals surface area contributed by atoms with Crippen LogP contribution in [0, 0.1) is 0 Å². The van der Waals surface area contributed by atoms with Crippen LogP contribution in [0.15, 0.2) is 90.0 Å². The minimum Gasteiger partial charge on any atom is -0.311 e. The maximum absolute atomic E-state index is 13.0. The van der Waals surface area contributed by atoms with E-state index in [0.29, 0.717) is 11.9 Å². The summed E-state index contributed by atoms with van der Waals surface area (Å²) in [5, 5.41) is 15.6. The van der Waals surface area contributed by atoms with Gasteiger partial charge in [-0.2, -0.15) is 5.10 Å². The normalized spacial score (nSPS) is 11.1. The molecule has 3 aromatic carbocycles. The van der Waals surface area contributed by atoms with Crippen LogP contribution in [0.4, 0.5) is 0 Å². The molecule has 31 heavy (non-hydrogen) atoms. The number of nitrogens with zero attached hydrogens (tertiary/aromatic N) is 3. The first-order valence-corrected chi connectivity index (χ1v) is 9.74. The summed E-state index contributed by atoms with van der Waals surface area (Å²) >= 11 is 0. The molecule has 0 saturated heterocycles. The number of aromatic nitrogens is 3. The third-order valence-corrected chi connectivity index (χ3v) is 5.33. The van der Waals surface area contributed by atoms with Crippen LogP contribution >= 0.6 is 0 Å². The summed E-state index contributed by atoms with van der Waals surface area (Å²) in [5.74, 6) is -0.657. The van der Waals surface area contributed by atoms with E-state index in [0.717, 1.165) is 27.5 Å². The molecule has 0 spiro atoms. The number of hydroxylamine groups is 1. The molecule has 5 rings (SSSR count). The van der Waals surface area contributed by atoms with E-state index in [1.165, 1.54) is 6.07 Å². The maximum Gasteiger partial charge on any atom is 0.274 e. The lowest BCUT2D eigenvalue weighted by Crippen LogP contribution is -2.22. The van der Waals surface area contributed by atoms with Gasteiger partial charge < -0.3 is 4.57 Å². The first-order valence-electron chi connectivity index (χ1n) is 9.74. The Morgan fingerprint density at radius 1 is 0.968 bits per heavy atom. The number of hydrogen-bond donors (Lipinski definition) is 2. The minimum atomic E-state index is -0.657. The van der Waals surface area contributed by atoms with Crippen molar-refractivity contribution in [2.24, 2.45) is 0 Å². The van der Waals surface area contributed by atoms with Crippen molar-refractivity contribution in [1.82, 2.24) is 19.8 Å². The molecule has 0 aliphatic rings. The third kappa shape index (κ3) is 3.37. The number of para-hydroxylation sites is 1. The number of benzene rings is 3. The van der Waals surface area contributed by atoms with E-state index in [4.69, 9.17) is 5.21 Å². The Morgan fingerprint density at radius 3 is 2.71 bits per heavy atom. The lowest BCUT2D eigenvalue weighted by molar-refractivity contribution is 0.0706. The SMILES string of the molecule is O=C(NO)c1ccc2ccn(Cc3cccc(-n4ncc5ccccc54)c3)c(=O)c2c1. The average molecular weight is 410 g/mol. The molecule has 2 heterocycles. The predicted molar refractivity (Wildman–Crippen MR) is 118 cm³/mol. The van der Waals surface area contributed by atoms with Crippen LogP contribution in [-0.4, -0.2) is 25.5 Å². The fourth-order valence-electron chi connectivity index (χ4n) is 3.77. The molecule has 1 amide bonds. The van der Waals surface area contributed by atoms with E-state index < -0.39 is 5.91 Å². The number of rotatable bonds is 4. The van der Waals surface area contributed by atoms with E-state index in [1.807, 2.05) is 65.5 Å². The van der Waals surface area contributed by atoms with Crippen LogP contribution in [-0.2, 0) is 6.54 Å². The lowest BCUT2D eigenvalue weighted by atomic mass is 10.1. The molecule has 0 unspecified atom stereocenters. The summed E-state index contributed by atoms with van der Waals surface area (Å²) in [6.07, 6.45) is 3.57. The summed E-state index contributed by atoms with van der Waals surface area (Å²) in [6, 6.07) is 22.5. The highest BCUT2D eigenvalue weighted by atomic mass is 16.5. The fraction of sp³-hybridized carbons (Fsp3) is 0.0417. The van der Waals surface area contributed by atoms with Gasteiger partial charge in [0.1, 0.15) is 0 Å². The monoisotopic (exact) mass is 410 g/mol. The van der Waals surface area contributed by atoms with Gasteiger partial charge in [0.25, 0.3) is 11.5 Å². The molecule has 0 atom stereocenters. The molecule has 2 aromatic heterocycles. The van der Waals surface area contributed by atoms with Crippen molar-refractivity contribution in [2.45, 2.75) is 6.54 Å². The molecule has 0 aliphatic heterocycles. The summed E-state index contributed by atoms with van der Waals surface area (Å²) in [6.45, 7) is 0.373. The second-order valence-electron chi connectivity index (χ2n) is 7.28. The Kier molecular flexibility index (Phi) is 4.57. The van der Waals surface area contributed by atoms with Gasteiger partial charge in [-0.25, -0.2) is 10.2 Å². The Hall–Kier alpha value is -4.23. The Labute approximate surface area is 176 Å². The molecule has 5 aromatic rings. The smallest absolute Gasteiger partial charge is 0.274 e. The van der Waals surface area contributed by atoms with Crippen LogP contribution in [0.5, 0.6) is 0 Å². The van der Waals surface area contributed by atoms with Crippen LogP contribution in [0.25, 0.3) is 27.4 Å². The first-order chi connectivity index (χ1) is 15.1. The van der Waals surface area contributed by atoms with Gasteiger partial charge in [0, 0.05) is 22.5 Å². The molecule has 0 aliphatic carbocycles. The third-order valence-electron chi connectivity index (χ3n) is 5.33. The number of carbonyl (C=O) groups excluding carboxylic acids is 1. The van der Waals surface area contributed by atoms with Crippen molar-refractivity contribution < 1.29 is 10.0 Å². The van der Waals surface area contributed by atoms with Gasteiger partial charge >= 0.3 is 0 Å². The van der Waals surface area contributed by atoms with Crippen molar-refractivity contribution in [3.05, 3.63) is 107 Å². The van der Waals surface area contributed by atoms with E-state index in [1.54, 1.807) is 28.4 Å². The number of amides is 1. The van der Waals surface area contributed by atoms with Gasteiger partial charge in [0.05, 0.1) is 23.9 Å². The van der Waals surface area contributed by atoms with Gasteiger partial charge in [-0.15, -0.1) is 0 Å². The van der Waals surface area contributed by atoms with Crippen LogP contribution in [0.3, 0.4) is 0 Å². The van der Waals surface area contributed by atoms with Gasteiger partial charge in [-0.05, 0) is 47.3 Å². The van der Waals surface area contributed by atoms with Crippen molar-refractivity contribution in [3.63, 3.8) is 0 Å². The standard InChI is InChI=1S/C24H18N4O3/c29-23(26-31)18-9-8-17-10-11-27(24(30)21(17)13-18)15-16-4-3-6-20(12-16)28-22-7-2-1-5-19(22)14-25-28/h1-14,31H,15H2,(H,26,29). The van der Waals surface area contributed by atoms with Gasteiger partial charge in [0.2, 0.25) is 0 Å². The molecule has 152 valence electrons. The molecule has 0 bridgehead atoms. The zero-order valence-electron chi connectivity index (χ0n) is 16.4. The number of pyridine rings is 1. The fourth-order valence-corrected chi connectivity index (χ4v) is 3.77. The van der Waals surface area contributed by atoms with Crippen LogP contribution < -0.4 is 11.0 Å². The van der Waals surface area contributed by atoms with E-state index in [2.05, 4.69) is 5.10 Å². The van der Waals surface area contributed by atoms with Crippen molar-refractivity contribution in [2.75, 3.05) is 0 Å². The quantitative estimate of drug-likeness (QED) is 0.351. The van der Waals surface area contributed by atoms with Crippen molar-refractivity contribution in [3.8, 4) is 5.69 Å². The zero-order valence-corrected chi connectivity index (χ0v) is 16.4. The van der Waals surface area contributed by atoms with Crippen molar-refractivity contribution in [1.29, 1.82) is 0 Å². The largest absolute Gasteiger partial charge is 0.311 e. The van der Waals surface area contributed by atoms with Gasteiger partial charge in [-0.1, -0.05) is 36.4 Å². The van der Waals surface area contributed by atoms with E-state index in [9.17, 15) is 9.59 Å². The number of nitrogens with one attached hydrogen (secondary N) is 1. The van der Waals surface area contributed by atoms with E-state index >= 15 is 0 Å². The number of hydrogen-bond acceptors (Lipinski definition) is 4. The van der Waals surface area contributed by atoms with Crippen molar-refractivity contribution >= 4 is 27.6 Å². The topological polar surface area (TPSA) is 89.2 Å². The second-order valence-corrected chi connectivity index (χ2v) is 7.28. The van der Waals surface area contributed by atoms with Crippen LogP contribution in [0.1, 0.15) is 15.9 Å². The molecule has 0 saturated carbocycles. The molecule has 2 N–H and O–H groups in total. The predicted octanol–water partition coefficient (Wildman–Crippen LogP) is 3.51. The summed E-state index contributed by atoms with van der Waals surface area (Å²) in [5.41, 5.74) is 4.48. The Bertz CT molecular complexity index is 1500. The average Bonchev–Trinajstić information content (AvgIpc) is 3.25. The molecule has 7 nitrogen and oxygen atoms in total. The minimum absolute atomic E-state index is 0.208. The second kappa shape index (κ2) is 7.55. The molecule has 7 heteroatoms. The molecular formula is C24H18N4O3. The summed E-state index contributed by atoms with van der Waals surface area (Å²) in [7, 11) is 0. The van der Waals surface area contributed by atoms with E-state index in [-0.39, 0.29) is 11.1 Å². The number of fused-ring (bicyclic) bond motifs is 2. The van der Waals surface area contributed by atoms with Gasteiger partial charge in [-0.3, -0.25) is 14.8 Å². The number of carbonyl (C=O) groups is 1. The lowest BCUT2D eigenvalue weighted by Gasteiger charge is -2.10. The maximum atomic E-state index is 13.0. The zero-order chi connectivity index (χ0) is 21.4. The Morgan fingerprint density at radius 2 is 1.84 bits per heavy atom. The highest BCUT2D eigenvalue weighted by Gasteiger charge is 2.10. The molecule has 0 fully saturated rings. The highest BCUT2D eigenvalue weighted by molar-refractivity contribution is 5.97.